The molecule has 2 aliphatic heterocycles. The van der Waals surface area contributed by atoms with Crippen molar-refractivity contribution in [3.05, 3.63) is 107 Å². The molecule has 204 valence electrons. The van der Waals surface area contributed by atoms with Crippen LogP contribution in [0.2, 0.25) is 0 Å². The van der Waals surface area contributed by atoms with Crippen molar-refractivity contribution in [2.24, 2.45) is 0 Å². The minimum Gasteiger partial charge on any atom is -0.496 e. The summed E-state index contributed by atoms with van der Waals surface area (Å²) in [5.41, 5.74) is 7.66. The van der Waals surface area contributed by atoms with Crippen LogP contribution in [-0.2, 0) is 10.1 Å². The van der Waals surface area contributed by atoms with Crippen LogP contribution in [0.15, 0.2) is 89.8 Å². The zero-order valence-electron chi connectivity index (χ0n) is 23.1. The molecule has 40 heavy (non-hydrogen) atoms. The van der Waals surface area contributed by atoms with Gasteiger partial charge in [0.2, 0.25) is 0 Å². The molecule has 0 radical (unpaired) electrons. The summed E-state index contributed by atoms with van der Waals surface area (Å²) in [7, 11) is -2.35. The molecule has 0 aliphatic carbocycles. The zero-order chi connectivity index (χ0) is 28.2. The molecule has 4 aromatic rings. The first kappa shape index (κ1) is 26.0. The maximum Gasteiger partial charge on any atom is 0.339 e. The van der Waals surface area contributed by atoms with Crippen molar-refractivity contribution in [1.29, 1.82) is 0 Å². The first-order valence-corrected chi connectivity index (χ1v) is 14.6. The maximum absolute atomic E-state index is 13.0. The summed E-state index contributed by atoms with van der Waals surface area (Å²) in [6.07, 6.45) is 1.71. The molecule has 0 saturated carbocycles. The van der Waals surface area contributed by atoms with Gasteiger partial charge in [-0.3, -0.25) is 0 Å². The molecule has 1 unspecified atom stereocenters. The maximum atomic E-state index is 13.0. The third kappa shape index (κ3) is 4.50. The highest BCUT2D eigenvalue weighted by Crippen LogP contribution is 2.53. The highest BCUT2D eigenvalue weighted by molar-refractivity contribution is 7.87. The van der Waals surface area contributed by atoms with E-state index in [9.17, 15) is 8.42 Å². The number of hydrogen-bond acceptors (Lipinski definition) is 6. The van der Waals surface area contributed by atoms with E-state index in [-0.39, 0.29) is 16.2 Å². The predicted octanol–water partition coefficient (Wildman–Crippen LogP) is 7.53. The molecule has 2 aliphatic rings. The second kappa shape index (κ2) is 9.45. The van der Waals surface area contributed by atoms with Crippen LogP contribution >= 0.6 is 0 Å². The Balaban J connectivity index is 1.49. The van der Waals surface area contributed by atoms with Gasteiger partial charge in [0.25, 0.3) is 0 Å². The Morgan fingerprint density at radius 3 is 2.40 bits per heavy atom. The molecule has 6 nitrogen and oxygen atoms in total. The zero-order valence-corrected chi connectivity index (χ0v) is 23.9. The van der Waals surface area contributed by atoms with Crippen molar-refractivity contribution < 1.29 is 22.1 Å². The number of nitrogens with one attached hydrogen (secondary N) is 1. The Hall–Kier alpha value is -4.23. The molecule has 0 amide bonds. The summed E-state index contributed by atoms with van der Waals surface area (Å²) in [5.74, 6) is 1.64. The topological polar surface area (TPSA) is 73.9 Å². The van der Waals surface area contributed by atoms with Crippen LogP contribution in [0.25, 0.3) is 16.7 Å². The Morgan fingerprint density at radius 1 is 0.900 bits per heavy atom. The third-order valence-corrected chi connectivity index (χ3v) is 8.60. The van der Waals surface area contributed by atoms with Gasteiger partial charge in [-0.1, -0.05) is 48.0 Å². The van der Waals surface area contributed by atoms with E-state index in [1.165, 1.54) is 0 Å². The van der Waals surface area contributed by atoms with Gasteiger partial charge in [-0.05, 0) is 81.3 Å². The quantitative estimate of drug-likeness (QED) is 0.258. The first-order valence-electron chi connectivity index (χ1n) is 13.2. The standard InChI is InChI=1S/C33H31NO5S/c1-20-12-14-24(15-13-20)40(35,36)39-23-9-6-8-22(18-23)32-31-25(30-27(37-5)10-7-11-28(30)38-32)16-17-26-29(31)21(2)19-33(3,4)34-26/h6-19,32,34H,1-5H3. The van der Waals surface area contributed by atoms with E-state index in [0.29, 0.717) is 5.75 Å². The van der Waals surface area contributed by atoms with Crippen molar-refractivity contribution in [2.45, 2.75) is 44.2 Å². The van der Waals surface area contributed by atoms with Gasteiger partial charge in [0.15, 0.2) is 6.10 Å². The van der Waals surface area contributed by atoms with Crippen molar-refractivity contribution >= 4 is 21.4 Å². The molecule has 0 fully saturated rings. The molecular formula is C33H31NO5S. The minimum atomic E-state index is -4.01. The second-order valence-electron chi connectivity index (χ2n) is 10.9. The second-order valence-corrected chi connectivity index (χ2v) is 12.4. The van der Waals surface area contributed by atoms with E-state index in [4.69, 9.17) is 13.7 Å². The summed E-state index contributed by atoms with van der Waals surface area (Å²) >= 11 is 0. The van der Waals surface area contributed by atoms with E-state index in [1.54, 1.807) is 49.6 Å². The summed E-state index contributed by atoms with van der Waals surface area (Å²) in [4.78, 5) is 0.104. The number of aryl methyl sites for hydroxylation is 1. The largest absolute Gasteiger partial charge is 0.496 e. The number of anilines is 1. The Labute approximate surface area is 235 Å². The van der Waals surface area contributed by atoms with Crippen LogP contribution in [0.5, 0.6) is 17.2 Å². The number of allylic oxidation sites excluding steroid dienone is 1. The lowest BCUT2D eigenvalue weighted by molar-refractivity contribution is 0.241. The van der Waals surface area contributed by atoms with Crippen LogP contribution in [-0.4, -0.2) is 21.1 Å². The molecule has 2 heterocycles. The van der Waals surface area contributed by atoms with Gasteiger partial charge in [-0.2, -0.15) is 8.42 Å². The summed E-state index contributed by atoms with van der Waals surface area (Å²) in [6.45, 7) is 8.30. The molecule has 0 spiro atoms. The van der Waals surface area contributed by atoms with Gasteiger partial charge < -0.3 is 19.0 Å². The van der Waals surface area contributed by atoms with Crippen molar-refractivity contribution in [3.8, 4) is 28.4 Å². The lowest BCUT2D eigenvalue weighted by Crippen LogP contribution is -2.32. The number of hydrogen-bond donors (Lipinski definition) is 1. The van der Waals surface area contributed by atoms with Gasteiger partial charge in [0, 0.05) is 22.4 Å². The number of rotatable bonds is 5. The minimum absolute atomic E-state index is 0.104. The van der Waals surface area contributed by atoms with Crippen LogP contribution in [0.4, 0.5) is 5.69 Å². The average Bonchev–Trinajstić information content (AvgIpc) is 2.91. The van der Waals surface area contributed by atoms with Crippen LogP contribution in [0.3, 0.4) is 0 Å². The van der Waals surface area contributed by atoms with Gasteiger partial charge in [-0.15, -0.1) is 0 Å². The molecule has 6 rings (SSSR count). The van der Waals surface area contributed by atoms with Crippen molar-refractivity contribution in [3.63, 3.8) is 0 Å². The van der Waals surface area contributed by atoms with E-state index in [1.807, 2.05) is 31.2 Å². The fourth-order valence-electron chi connectivity index (χ4n) is 5.71. The molecule has 1 atom stereocenters. The van der Waals surface area contributed by atoms with E-state index >= 15 is 0 Å². The summed E-state index contributed by atoms with van der Waals surface area (Å²) in [5, 5.41) is 3.64. The SMILES string of the molecule is COc1cccc2c1-c1ccc3c(c1C(c1cccc(OS(=O)(=O)c4ccc(C)cc4)c1)O2)C(C)=CC(C)(C)N3. The van der Waals surface area contributed by atoms with Crippen LogP contribution in [0.1, 0.15) is 49.1 Å². The fraction of sp³-hybridized carbons (Fsp3) is 0.212. The summed E-state index contributed by atoms with van der Waals surface area (Å²) in [6, 6.07) is 23.7. The summed E-state index contributed by atoms with van der Waals surface area (Å²) < 4.78 is 44.1. The van der Waals surface area contributed by atoms with Crippen LogP contribution in [0, 0.1) is 6.92 Å². The lowest BCUT2D eigenvalue weighted by Gasteiger charge is -2.37. The van der Waals surface area contributed by atoms with E-state index < -0.39 is 16.2 Å². The highest BCUT2D eigenvalue weighted by atomic mass is 32.2. The molecular weight excluding hydrogens is 522 g/mol. The molecule has 4 aromatic carbocycles. The Kier molecular flexibility index (Phi) is 6.15. The van der Waals surface area contributed by atoms with Gasteiger partial charge >= 0.3 is 10.1 Å². The first-order chi connectivity index (χ1) is 19.1. The van der Waals surface area contributed by atoms with E-state index in [0.717, 1.165) is 50.4 Å². The Bertz CT molecular complexity index is 1770. The van der Waals surface area contributed by atoms with Gasteiger partial charge in [0.1, 0.15) is 22.1 Å². The predicted molar refractivity (Wildman–Crippen MR) is 158 cm³/mol. The Morgan fingerprint density at radius 2 is 1.65 bits per heavy atom. The van der Waals surface area contributed by atoms with Gasteiger partial charge in [-0.25, -0.2) is 0 Å². The number of fused-ring (bicyclic) bond motifs is 5. The third-order valence-electron chi connectivity index (χ3n) is 7.33. The van der Waals surface area contributed by atoms with Gasteiger partial charge in [0.05, 0.1) is 18.2 Å². The smallest absolute Gasteiger partial charge is 0.339 e. The fourth-order valence-corrected chi connectivity index (χ4v) is 6.63. The molecule has 0 aromatic heterocycles. The number of benzene rings is 4. The lowest BCUT2D eigenvalue weighted by atomic mass is 9.80. The number of methoxy groups -OCH3 is 1. The molecule has 0 saturated heterocycles. The molecule has 7 heteroatoms. The van der Waals surface area contributed by atoms with Crippen LogP contribution < -0.4 is 19.0 Å². The van der Waals surface area contributed by atoms with Crippen molar-refractivity contribution in [2.75, 3.05) is 12.4 Å². The average molecular weight is 554 g/mol. The normalized spacial score (nSPS) is 16.8. The van der Waals surface area contributed by atoms with E-state index in [2.05, 4.69) is 44.3 Å². The monoisotopic (exact) mass is 553 g/mol. The number of ether oxygens (including phenoxy) is 2. The highest BCUT2D eigenvalue weighted by Gasteiger charge is 2.36. The molecule has 0 bridgehead atoms. The molecule has 1 N–H and O–H groups in total. The van der Waals surface area contributed by atoms with Crippen molar-refractivity contribution in [1.82, 2.24) is 0 Å².